The molecule has 4 rings (SSSR count). The number of carbonyl (C=O) groups is 3. The van der Waals surface area contributed by atoms with Crippen LogP contribution >= 0.6 is 11.8 Å². The summed E-state index contributed by atoms with van der Waals surface area (Å²) in [5.41, 5.74) is 2.01. The van der Waals surface area contributed by atoms with Crippen LogP contribution in [0.5, 0.6) is 0 Å². The van der Waals surface area contributed by atoms with E-state index in [4.69, 9.17) is 0 Å². The molecule has 2 fully saturated rings. The fourth-order valence-corrected chi connectivity index (χ4v) is 3.75. The van der Waals surface area contributed by atoms with Crippen LogP contribution in [0.25, 0.3) is 0 Å². The van der Waals surface area contributed by atoms with Crippen molar-refractivity contribution in [3.05, 3.63) is 54.1 Å². The van der Waals surface area contributed by atoms with E-state index in [0.717, 1.165) is 23.4 Å². The lowest BCUT2D eigenvalue weighted by molar-refractivity contribution is -0.122. The lowest BCUT2D eigenvalue weighted by Gasteiger charge is -2.17. The van der Waals surface area contributed by atoms with Crippen molar-refractivity contribution in [2.45, 2.75) is 30.2 Å². The van der Waals surface area contributed by atoms with Crippen molar-refractivity contribution in [2.75, 3.05) is 23.0 Å². The van der Waals surface area contributed by atoms with E-state index in [9.17, 15) is 14.4 Å². The van der Waals surface area contributed by atoms with Crippen molar-refractivity contribution in [3.63, 3.8) is 0 Å². The molecule has 6 nitrogen and oxygen atoms in total. The van der Waals surface area contributed by atoms with Gasteiger partial charge in [0.25, 0.3) is 5.91 Å². The first kappa shape index (κ1) is 19.5. The number of hydrogen-bond donors (Lipinski definition) is 2. The largest absolute Gasteiger partial charge is 0.349 e. The van der Waals surface area contributed by atoms with Crippen LogP contribution in [-0.4, -0.2) is 36.6 Å². The highest BCUT2D eigenvalue weighted by molar-refractivity contribution is 7.98. The summed E-state index contributed by atoms with van der Waals surface area (Å²) in [7, 11) is 0. The van der Waals surface area contributed by atoms with Gasteiger partial charge in [0.05, 0.1) is 5.92 Å². The van der Waals surface area contributed by atoms with Crippen LogP contribution in [0.3, 0.4) is 0 Å². The summed E-state index contributed by atoms with van der Waals surface area (Å²) in [6.45, 7) is 0.366. The molecule has 1 atom stereocenters. The topological polar surface area (TPSA) is 78.5 Å². The predicted octanol–water partition coefficient (Wildman–Crippen LogP) is 3.29. The second-order valence-corrected chi connectivity index (χ2v) is 8.30. The highest BCUT2D eigenvalue weighted by Crippen LogP contribution is 2.28. The van der Waals surface area contributed by atoms with Crippen LogP contribution in [0.15, 0.2) is 53.4 Å². The quantitative estimate of drug-likeness (QED) is 0.718. The van der Waals surface area contributed by atoms with Gasteiger partial charge < -0.3 is 15.5 Å². The van der Waals surface area contributed by atoms with Gasteiger partial charge in [-0.3, -0.25) is 14.4 Å². The normalized spacial score (nSPS) is 18.6. The van der Waals surface area contributed by atoms with Gasteiger partial charge in [0, 0.05) is 40.8 Å². The smallest absolute Gasteiger partial charge is 0.251 e. The van der Waals surface area contributed by atoms with E-state index < -0.39 is 5.92 Å². The summed E-state index contributed by atoms with van der Waals surface area (Å²) in [6.07, 6.45) is 4.28. The molecule has 1 saturated carbocycles. The number of thioether (sulfide) groups is 1. The summed E-state index contributed by atoms with van der Waals surface area (Å²) >= 11 is 1.64. The average Bonchev–Trinajstić information content (AvgIpc) is 3.47. The third-order valence-electron chi connectivity index (χ3n) is 5.21. The Bertz CT molecular complexity index is 923. The number of hydrogen-bond acceptors (Lipinski definition) is 4. The Morgan fingerprint density at radius 2 is 1.72 bits per heavy atom. The lowest BCUT2D eigenvalue weighted by Crippen LogP contribution is -2.28. The molecular formula is C22H23N3O3S. The van der Waals surface area contributed by atoms with Gasteiger partial charge in [0.15, 0.2) is 0 Å². The second kappa shape index (κ2) is 8.29. The van der Waals surface area contributed by atoms with Crippen molar-refractivity contribution in [1.82, 2.24) is 5.32 Å². The van der Waals surface area contributed by atoms with Crippen LogP contribution in [0.1, 0.15) is 29.6 Å². The first-order valence-corrected chi connectivity index (χ1v) is 10.9. The van der Waals surface area contributed by atoms with Gasteiger partial charge in [-0.25, -0.2) is 0 Å². The van der Waals surface area contributed by atoms with Gasteiger partial charge in [-0.1, -0.05) is 0 Å². The van der Waals surface area contributed by atoms with Crippen molar-refractivity contribution in [2.24, 2.45) is 5.92 Å². The SMILES string of the molecule is CSc1ccc(N2C[C@@H](C(=O)Nc3ccc(C(=O)NC4CC4)cc3)CC2=O)cc1. The van der Waals surface area contributed by atoms with Crippen LogP contribution in [0.4, 0.5) is 11.4 Å². The molecule has 0 spiro atoms. The van der Waals surface area contributed by atoms with E-state index in [1.54, 1.807) is 40.9 Å². The molecule has 29 heavy (non-hydrogen) atoms. The third kappa shape index (κ3) is 4.62. The highest BCUT2D eigenvalue weighted by Gasteiger charge is 2.35. The Kier molecular flexibility index (Phi) is 5.58. The van der Waals surface area contributed by atoms with Gasteiger partial charge in [0.2, 0.25) is 11.8 Å². The zero-order chi connectivity index (χ0) is 20.4. The molecule has 0 bridgehead atoms. The fraction of sp³-hybridized carbons (Fsp3) is 0.318. The molecule has 0 aromatic heterocycles. The Morgan fingerprint density at radius 3 is 2.34 bits per heavy atom. The highest BCUT2D eigenvalue weighted by atomic mass is 32.2. The van der Waals surface area contributed by atoms with Crippen molar-refractivity contribution < 1.29 is 14.4 Å². The van der Waals surface area contributed by atoms with Gasteiger partial charge >= 0.3 is 0 Å². The third-order valence-corrected chi connectivity index (χ3v) is 5.95. The van der Waals surface area contributed by atoms with E-state index in [1.807, 2.05) is 30.5 Å². The first-order chi connectivity index (χ1) is 14.0. The Morgan fingerprint density at radius 1 is 1.03 bits per heavy atom. The maximum absolute atomic E-state index is 12.6. The molecule has 0 radical (unpaired) electrons. The Balaban J connectivity index is 1.35. The maximum atomic E-state index is 12.6. The molecule has 3 amide bonds. The van der Waals surface area contributed by atoms with Crippen molar-refractivity contribution >= 4 is 40.9 Å². The molecule has 1 saturated heterocycles. The zero-order valence-corrected chi connectivity index (χ0v) is 17.0. The van der Waals surface area contributed by atoms with Crippen LogP contribution in [0.2, 0.25) is 0 Å². The molecule has 150 valence electrons. The van der Waals surface area contributed by atoms with E-state index in [-0.39, 0.29) is 24.1 Å². The molecule has 7 heteroatoms. The number of carbonyl (C=O) groups excluding carboxylic acids is 3. The van der Waals surface area contributed by atoms with Gasteiger partial charge in [-0.2, -0.15) is 0 Å². The Labute approximate surface area is 174 Å². The minimum atomic E-state index is -0.402. The summed E-state index contributed by atoms with van der Waals surface area (Å²) in [5, 5.41) is 5.80. The summed E-state index contributed by atoms with van der Waals surface area (Å²) in [5.74, 6) is -0.721. The van der Waals surface area contributed by atoms with Gasteiger partial charge in [-0.15, -0.1) is 11.8 Å². The fourth-order valence-electron chi connectivity index (χ4n) is 3.34. The van der Waals surface area contributed by atoms with Crippen LogP contribution < -0.4 is 15.5 Å². The molecule has 2 aromatic carbocycles. The number of anilines is 2. The standard InChI is InChI=1S/C22H23N3O3S/c1-29-19-10-8-18(9-11-19)25-13-15(12-20(25)26)22(28)24-16-4-2-14(3-5-16)21(27)23-17-6-7-17/h2-5,8-11,15,17H,6-7,12-13H2,1H3,(H,23,27)(H,24,28)/t15-/m0/s1. The van der Waals surface area contributed by atoms with E-state index in [0.29, 0.717) is 23.8 Å². The number of nitrogens with zero attached hydrogens (tertiary/aromatic N) is 1. The molecule has 1 aliphatic heterocycles. The molecule has 1 heterocycles. The Hall–Kier alpha value is -2.80. The first-order valence-electron chi connectivity index (χ1n) is 9.69. The van der Waals surface area contributed by atoms with E-state index in [2.05, 4.69) is 10.6 Å². The molecule has 1 aliphatic carbocycles. The summed E-state index contributed by atoms with van der Waals surface area (Å²) in [4.78, 5) is 39.9. The minimum absolute atomic E-state index is 0.0471. The second-order valence-electron chi connectivity index (χ2n) is 7.42. The maximum Gasteiger partial charge on any atom is 0.251 e. The molecule has 0 unspecified atom stereocenters. The zero-order valence-electron chi connectivity index (χ0n) is 16.2. The monoisotopic (exact) mass is 409 g/mol. The number of benzene rings is 2. The van der Waals surface area contributed by atoms with Crippen molar-refractivity contribution in [3.8, 4) is 0 Å². The van der Waals surface area contributed by atoms with Gasteiger partial charge in [-0.05, 0) is 67.6 Å². The van der Waals surface area contributed by atoms with Crippen LogP contribution in [0, 0.1) is 5.92 Å². The van der Waals surface area contributed by atoms with Gasteiger partial charge in [0.1, 0.15) is 0 Å². The lowest BCUT2D eigenvalue weighted by atomic mass is 10.1. The number of amides is 3. The molecule has 2 aliphatic rings. The van der Waals surface area contributed by atoms with Crippen LogP contribution in [-0.2, 0) is 9.59 Å². The summed E-state index contributed by atoms with van der Waals surface area (Å²) < 4.78 is 0. The van der Waals surface area contributed by atoms with E-state index in [1.165, 1.54) is 0 Å². The number of nitrogens with one attached hydrogen (secondary N) is 2. The van der Waals surface area contributed by atoms with Crippen molar-refractivity contribution in [1.29, 1.82) is 0 Å². The van der Waals surface area contributed by atoms with E-state index >= 15 is 0 Å². The predicted molar refractivity (Wildman–Crippen MR) is 114 cm³/mol. The number of rotatable bonds is 6. The average molecular weight is 410 g/mol. The molecule has 2 N–H and O–H groups in total. The molecule has 2 aromatic rings. The molecular weight excluding hydrogens is 386 g/mol. The minimum Gasteiger partial charge on any atom is -0.349 e. The summed E-state index contributed by atoms with van der Waals surface area (Å²) in [6, 6.07) is 14.9.